The van der Waals surface area contributed by atoms with E-state index in [0.29, 0.717) is 29.8 Å². The molecule has 0 amide bonds. The number of aryl methyl sites for hydroxylation is 1. The summed E-state index contributed by atoms with van der Waals surface area (Å²) in [5.41, 5.74) is 0.467. The van der Waals surface area contributed by atoms with Crippen molar-refractivity contribution in [2.45, 2.75) is 34.1 Å². The summed E-state index contributed by atoms with van der Waals surface area (Å²) in [5, 5.41) is 3.04. The predicted octanol–water partition coefficient (Wildman–Crippen LogP) is 2.88. The van der Waals surface area contributed by atoms with E-state index in [1.54, 1.807) is 0 Å². The third-order valence-corrected chi connectivity index (χ3v) is 2.93. The first kappa shape index (κ1) is 12.9. The predicted molar refractivity (Wildman–Crippen MR) is 63.9 cm³/mol. The van der Waals surface area contributed by atoms with Crippen LogP contribution in [0.3, 0.4) is 0 Å². The molecule has 0 saturated heterocycles. The van der Waals surface area contributed by atoms with Crippen LogP contribution in [0.1, 0.15) is 33.4 Å². The van der Waals surface area contributed by atoms with Crippen molar-refractivity contribution >= 4 is 5.82 Å². The number of aromatic nitrogens is 2. The lowest BCUT2D eigenvalue weighted by Gasteiger charge is -2.16. The molecule has 1 aromatic rings. The zero-order valence-corrected chi connectivity index (χ0v) is 10.4. The van der Waals surface area contributed by atoms with Crippen LogP contribution in [0, 0.1) is 17.7 Å². The molecular weight excluding hydrogens is 205 g/mol. The van der Waals surface area contributed by atoms with Crippen molar-refractivity contribution in [3.8, 4) is 0 Å². The van der Waals surface area contributed by atoms with E-state index in [4.69, 9.17) is 0 Å². The molecule has 90 valence electrons. The molecule has 0 spiro atoms. The fourth-order valence-corrected chi connectivity index (χ4v) is 1.27. The molecule has 0 aromatic carbocycles. The molecule has 0 bridgehead atoms. The Hall–Kier alpha value is -1.19. The van der Waals surface area contributed by atoms with E-state index >= 15 is 0 Å². The second-order valence-corrected chi connectivity index (χ2v) is 4.44. The third kappa shape index (κ3) is 3.15. The van der Waals surface area contributed by atoms with Crippen molar-refractivity contribution in [1.82, 2.24) is 9.97 Å². The average molecular weight is 225 g/mol. The zero-order chi connectivity index (χ0) is 12.1. The highest BCUT2D eigenvalue weighted by Crippen LogP contribution is 2.15. The standard InChI is InChI=1S/C12H20FN3/c1-5-10-11(13)12(16-7-15-10)14-6-9(4)8(2)3/h7-9H,5-6H2,1-4H3,(H,14,15,16). The van der Waals surface area contributed by atoms with Crippen molar-refractivity contribution in [3.63, 3.8) is 0 Å². The lowest BCUT2D eigenvalue weighted by molar-refractivity contribution is 0.438. The fourth-order valence-electron chi connectivity index (χ4n) is 1.27. The third-order valence-electron chi connectivity index (χ3n) is 2.93. The van der Waals surface area contributed by atoms with Crippen LogP contribution < -0.4 is 5.32 Å². The molecule has 0 aliphatic carbocycles. The summed E-state index contributed by atoms with van der Waals surface area (Å²) < 4.78 is 13.7. The van der Waals surface area contributed by atoms with Gasteiger partial charge in [-0.2, -0.15) is 0 Å². The van der Waals surface area contributed by atoms with Crippen LogP contribution in [0.15, 0.2) is 6.33 Å². The summed E-state index contributed by atoms with van der Waals surface area (Å²) >= 11 is 0. The largest absolute Gasteiger partial charge is 0.367 e. The Morgan fingerprint density at radius 2 is 2.00 bits per heavy atom. The molecule has 1 atom stereocenters. The first-order valence-corrected chi connectivity index (χ1v) is 5.79. The number of nitrogens with one attached hydrogen (secondary N) is 1. The van der Waals surface area contributed by atoms with E-state index < -0.39 is 0 Å². The highest BCUT2D eigenvalue weighted by Gasteiger charge is 2.11. The summed E-state index contributed by atoms with van der Waals surface area (Å²) in [4.78, 5) is 7.81. The van der Waals surface area contributed by atoms with Crippen LogP contribution in [0.2, 0.25) is 0 Å². The Kier molecular flexibility index (Phi) is 4.65. The Labute approximate surface area is 96.5 Å². The van der Waals surface area contributed by atoms with Crippen LogP contribution in [-0.4, -0.2) is 16.5 Å². The van der Waals surface area contributed by atoms with Gasteiger partial charge in [-0.15, -0.1) is 0 Å². The van der Waals surface area contributed by atoms with Crippen molar-refractivity contribution in [3.05, 3.63) is 17.8 Å². The minimum absolute atomic E-state index is 0.319. The fraction of sp³-hybridized carbons (Fsp3) is 0.667. The van der Waals surface area contributed by atoms with Gasteiger partial charge in [0.1, 0.15) is 6.33 Å². The Balaban J connectivity index is 2.67. The minimum Gasteiger partial charge on any atom is -0.367 e. The Bertz CT molecular complexity index is 339. The first-order valence-electron chi connectivity index (χ1n) is 5.79. The minimum atomic E-state index is -0.319. The van der Waals surface area contributed by atoms with Gasteiger partial charge in [0.05, 0.1) is 5.69 Å². The summed E-state index contributed by atoms with van der Waals surface area (Å²) in [7, 11) is 0. The van der Waals surface area contributed by atoms with Gasteiger partial charge in [-0.25, -0.2) is 14.4 Å². The number of hydrogen-bond acceptors (Lipinski definition) is 3. The molecule has 4 heteroatoms. The van der Waals surface area contributed by atoms with Gasteiger partial charge in [-0.05, 0) is 18.3 Å². The van der Waals surface area contributed by atoms with E-state index in [1.165, 1.54) is 6.33 Å². The van der Waals surface area contributed by atoms with Gasteiger partial charge >= 0.3 is 0 Å². The summed E-state index contributed by atoms with van der Waals surface area (Å²) in [6.07, 6.45) is 1.99. The van der Waals surface area contributed by atoms with Crippen LogP contribution in [0.4, 0.5) is 10.2 Å². The van der Waals surface area contributed by atoms with Crippen molar-refractivity contribution in [1.29, 1.82) is 0 Å². The van der Waals surface area contributed by atoms with Gasteiger partial charge < -0.3 is 5.32 Å². The molecule has 1 N–H and O–H groups in total. The monoisotopic (exact) mass is 225 g/mol. The second-order valence-electron chi connectivity index (χ2n) is 4.44. The van der Waals surface area contributed by atoms with Gasteiger partial charge in [0.25, 0.3) is 0 Å². The van der Waals surface area contributed by atoms with Crippen LogP contribution in [0.5, 0.6) is 0 Å². The summed E-state index contributed by atoms with van der Waals surface area (Å²) in [6, 6.07) is 0. The maximum absolute atomic E-state index is 13.7. The normalized spacial score (nSPS) is 12.9. The average Bonchev–Trinajstić information content (AvgIpc) is 2.27. The molecule has 0 aliphatic rings. The SMILES string of the molecule is CCc1ncnc(NCC(C)C(C)C)c1F. The van der Waals surface area contributed by atoms with Gasteiger partial charge in [0, 0.05) is 6.54 Å². The van der Waals surface area contributed by atoms with Crippen LogP contribution in [0.25, 0.3) is 0 Å². The Morgan fingerprint density at radius 1 is 1.31 bits per heavy atom. The van der Waals surface area contributed by atoms with Gasteiger partial charge in [0.15, 0.2) is 11.6 Å². The number of halogens is 1. The van der Waals surface area contributed by atoms with E-state index in [1.807, 2.05) is 6.92 Å². The van der Waals surface area contributed by atoms with E-state index in [0.717, 1.165) is 6.54 Å². The molecule has 0 radical (unpaired) electrons. The lowest BCUT2D eigenvalue weighted by Crippen LogP contribution is -2.18. The van der Waals surface area contributed by atoms with Crippen molar-refractivity contribution in [2.24, 2.45) is 11.8 Å². The highest BCUT2D eigenvalue weighted by molar-refractivity contribution is 5.37. The molecule has 0 fully saturated rings. The highest BCUT2D eigenvalue weighted by atomic mass is 19.1. The maximum atomic E-state index is 13.7. The van der Waals surface area contributed by atoms with Crippen LogP contribution >= 0.6 is 0 Å². The Morgan fingerprint density at radius 3 is 2.56 bits per heavy atom. The molecule has 16 heavy (non-hydrogen) atoms. The smallest absolute Gasteiger partial charge is 0.186 e. The van der Waals surface area contributed by atoms with E-state index in [2.05, 4.69) is 36.1 Å². The number of anilines is 1. The summed E-state index contributed by atoms with van der Waals surface area (Å²) in [6.45, 7) is 9.05. The number of rotatable bonds is 5. The molecule has 1 heterocycles. The number of nitrogens with zero attached hydrogens (tertiary/aromatic N) is 2. The quantitative estimate of drug-likeness (QED) is 0.837. The maximum Gasteiger partial charge on any atom is 0.186 e. The van der Waals surface area contributed by atoms with Crippen LogP contribution in [-0.2, 0) is 6.42 Å². The second kappa shape index (κ2) is 5.77. The molecule has 0 aliphatic heterocycles. The zero-order valence-electron chi connectivity index (χ0n) is 10.4. The van der Waals surface area contributed by atoms with Crippen molar-refractivity contribution < 1.29 is 4.39 Å². The molecular formula is C12H20FN3. The van der Waals surface area contributed by atoms with Crippen molar-refractivity contribution in [2.75, 3.05) is 11.9 Å². The molecule has 3 nitrogen and oxygen atoms in total. The topological polar surface area (TPSA) is 37.8 Å². The first-order chi connectivity index (χ1) is 7.56. The van der Waals surface area contributed by atoms with Gasteiger partial charge in [-0.1, -0.05) is 27.7 Å². The van der Waals surface area contributed by atoms with E-state index in [9.17, 15) is 4.39 Å². The van der Waals surface area contributed by atoms with E-state index in [-0.39, 0.29) is 5.82 Å². The summed E-state index contributed by atoms with van der Waals surface area (Å²) in [5.74, 6) is 1.06. The molecule has 1 aromatic heterocycles. The molecule has 1 rings (SSSR count). The number of hydrogen-bond donors (Lipinski definition) is 1. The molecule has 1 unspecified atom stereocenters. The van der Waals surface area contributed by atoms with Gasteiger partial charge in [0.2, 0.25) is 0 Å². The molecule has 0 saturated carbocycles. The van der Waals surface area contributed by atoms with Gasteiger partial charge in [-0.3, -0.25) is 0 Å². The lowest BCUT2D eigenvalue weighted by atomic mass is 9.98.